The fraction of sp³-hybridized carbons (Fsp3) is 0.263. The highest BCUT2D eigenvalue weighted by molar-refractivity contribution is 6.03. The summed E-state index contributed by atoms with van der Waals surface area (Å²) in [5.41, 5.74) is -0.164. The van der Waals surface area contributed by atoms with Crippen molar-refractivity contribution < 1.29 is 27.5 Å². The SMILES string of the molecule is COc1ccc(N2C[C@@H](C(=O)Nc3cccc(C(F)(F)F)c3)CC2=O)cc1. The van der Waals surface area contributed by atoms with Gasteiger partial charge in [-0.3, -0.25) is 9.59 Å². The number of amides is 2. The zero-order valence-corrected chi connectivity index (χ0v) is 14.4. The lowest BCUT2D eigenvalue weighted by Gasteiger charge is -2.17. The molecule has 5 nitrogen and oxygen atoms in total. The minimum Gasteiger partial charge on any atom is -0.497 e. The zero-order chi connectivity index (χ0) is 19.6. The number of ether oxygens (including phenoxy) is 1. The molecule has 1 aliphatic rings. The smallest absolute Gasteiger partial charge is 0.416 e. The molecular weight excluding hydrogens is 361 g/mol. The maximum atomic E-state index is 12.8. The van der Waals surface area contributed by atoms with Gasteiger partial charge in [0.15, 0.2) is 0 Å². The molecule has 1 N–H and O–H groups in total. The van der Waals surface area contributed by atoms with Gasteiger partial charge in [-0.25, -0.2) is 0 Å². The number of alkyl halides is 3. The Kier molecular flexibility index (Phi) is 5.07. The van der Waals surface area contributed by atoms with Crippen LogP contribution in [0.1, 0.15) is 12.0 Å². The number of anilines is 2. The van der Waals surface area contributed by atoms with Crippen molar-refractivity contribution in [3.63, 3.8) is 0 Å². The van der Waals surface area contributed by atoms with Gasteiger partial charge in [0.2, 0.25) is 11.8 Å². The lowest BCUT2D eigenvalue weighted by molar-refractivity contribution is -0.137. The Morgan fingerprint density at radius 3 is 2.52 bits per heavy atom. The molecule has 0 aliphatic carbocycles. The second-order valence-electron chi connectivity index (χ2n) is 6.17. The number of carbonyl (C=O) groups is 2. The van der Waals surface area contributed by atoms with Crippen LogP contribution >= 0.6 is 0 Å². The van der Waals surface area contributed by atoms with Crippen LogP contribution < -0.4 is 15.0 Å². The molecule has 2 amide bonds. The molecule has 1 heterocycles. The zero-order valence-electron chi connectivity index (χ0n) is 14.4. The molecule has 0 bridgehead atoms. The Labute approximate surface area is 153 Å². The second-order valence-corrected chi connectivity index (χ2v) is 6.17. The van der Waals surface area contributed by atoms with Crippen molar-refractivity contribution in [2.75, 3.05) is 23.9 Å². The summed E-state index contributed by atoms with van der Waals surface area (Å²) in [6.45, 7) is 0.163. The van der Waals surface area contributed by atoms with E-state index in [0.29, 0.717) is 11.4 Å². The van der Waals surface area contributed by atoms with Crippen molar-refractivity contribution in [2.24, 2.45) is 5.92 Å². The van der Waals surface area contributed by atoms with E-state index in [4.69, 9.17) is 4.74 Å². The highest BCUT2D eigenvalue weighted by atomic mass is 19.4. The summed E-state index contributed by atoms with van der Waals surface area (Å²) in [6.07, 6.45) is -4.49. The van der Waals surface area contributed by atoms with Gasteiger partial charge in [0.1, 0.15) is 5.75 Å². The summed E-state index contributed by atoms with van der Waals surface area (Å²) in [7, 11) is 1.53. The Hall–Kier alpha value is -3.03. The first-order valence-electron chi connectivity index (χ1n) is 8.20. The largest absolute Gasteiger partial charge is 0.497 e. The molecule has 27 heavy (non-hydrogen) atoms. The third kappa shape index (κ3) is 4.21. The van der Waals surface area contributed by atoms with Crippen LogP contribution in [0.5, 0.6) is 5.75 Å². The maximum Gasteiger partial charge on any atom is 0.416 e. The molecule has 3 rings (SSSR count). The first kappa shape index (κ1) is 18.8. The fourth-order valence-electron chi connectivity index (χ4n) is 2.91. The summed E-state index contributed by atoms with van der Waals surface area (Å²) in [6, 6.07) is 11.2. The lowest BCUT2D eigenvalue weighted by atomic mass is 10.1. The van der Waals surface area contributed by atoms with Gasteiger partial charge in [-0.05, 0) is 42.5 Å². The van der Waals surface area contributed by atoms with Crippen LogP contribution in [0.4, 0.5) is 24.5 Å². The predicted molar refractivity (Wildman–Crippen MR) is 93.5 cm³/mol. The molecule has 0 unspecified atom stereocenters. The van der Waals surface area contributed by atoms with E-state index in [1.165, 1.54) is 24.1 Å². The quantitative estimate of drug-likeness (QED) is 0.883. The van der Waals surface area contributed by atoms with Crippen molar-refractivity contribution >= 4 is 23.2 Å². The van der Waals surface area contributed by atoms with E-state index >= 15 is 0 Å². The summed E-state index contributed by atoms with van der Waals surface area (Å²) in [4.78, 5) is 26.1. The molecule has 1 atom stereocenters. The molecule has 2 aromatic carbocycles. The molecule has 142 valence electrons. The van der Waals surface area contributed by atoms with Crippen molar-refractivity contribution in [1.82, 2.24) is 0 Å². The van der Waals surface area contributed by atoms with Gasteiger partial charge in [-0.1, -0.05) is 6.07 Å². The number of nitrogens with zero attached hydrogens (tertiary/aromatic N) is 1. The van der Waals surface area contributed by atoms with E-state index in [1.54, 1.807) is 24.3 Å². The third-order valence-corrected chi connectivity index (χ3v) is 4.34. The lowest BCUT2D eigenvalue weighted by Crippen LogP contribution is -2.28. The molecule has 1 saturated heterocycles. The third-order valence-electron chi connectivity index (χ3n) is 4.34. The van der Waals surface area contributed by atoms with Crippen molar-refractivity contribution in [3.8, 4) is 5.75 Å². The number of rotatable bonds is 4. The monoisotopic (exact) mass is 378 g/mol. The van der Waals surface area contributed by atoms with Crippen LogP contribution in [-0.2, 0) is 15.8 Å². The Morgan fingerprint density at radius 2 is 1.89 bits per heavy atom. The van der Waals surface area contributed by atoms with Crippen LogP contribution in [0.3, 0.4) is 0 Å². The van der Waals surface area contributed by atoms with E-state index in [-0.39, 0.29) is 24.6 Å². The van der Waals surface area contributed by atoms with Crippen molar-refractivity contribution in [2.45, 2.75) is 12.6 Å². The van der Waals surface area contributed by atoms with Gasteiger partial charge in [0, 0.05) is 24.3 Å². The number of methoxy groups -OCH3 is 1. The van der Waals surface area contributed by atoms with Crippen LogP contribution in [-0.4, -0.2) is 25.5 Å². The maximum absolute atomic E-state index is 12.8. The van der Waals surface area contributed by atoms with Gasteiger partial charge in [0.25, 0.3) is 0 Å². The highest BCUT2D eigenvalue weighted by Crippen LogP contribution is 2.31. The molecular formula is C19H17F3N2O3. The van der Waals surface area contributed by atoms with Crippen LogP contribution in [0.2, 0.25) is 0 Å². The number of hydrogen-bond donors (Lipinski definition) is 1. The van der Waals surface area contributed by atoms with E-state index in [9.17, 15) is 22.8 Å². The van der Waals surface area contributed by atoms with Gasteiger partial charge in [-0.15, -0.1) is 0 Å². The van der Waals surface area contributed by atoms with Gasteiger partial charge in [0.05, 0.1) is 18.6 Å². The van der Waals surface area contributed by atoms with Crippen molar-refractivity contribution in [3.05, 3.63) is 54.1 Å². The number of benzene rings is 2. The standard InChI is InChI=1S/C19H17F3N2O3/c1-27-16-7-5-15(6-8-16)24-11-12(9-17(24)25)18(26)23-14-4-2-3-13(10-14)19(20,21)22/h2-8,10,12H,9,11H2,1H3,(H,23,26)/t12-/m0/s1. The number of nitrogens with one attached hydrogen (secondary N) is 1. The fourth-order valence-corrected chi connectivity index (χ4v) is 2.91. The van der Waals surface area contributed by atoms with Gasteiger partial charge < -0.3 is 15.0 Å². The van der Waals surface area contributed by atoms with Crippen LogP contribution in [0, 0.1) is 5.92 Å². The summed E-state index contributed by atoms with van der Waals surface area (Å²) >= 11 is 0. The van der Waals surface area contributed by atoms with Gasteiger partial charge >= 0.3 is 6.18 Å². The van der Waals surface area contributed by atoms with E-state index in [0.717, 1.165) is 12.1 Å². The molecule has 0 aromatic heterocycles. The normalized spacial score (nSPS) is 17.1. The van der Waals surface area contributed by atoms with E-state index in [1.807, 2.05) is 0 Å². The summed E-state index contributed by atoms with van der Waals surface area (Å²) < 4.78 is 43.4. The molecule has 0 saturated carbocycles. The average Bonchev–Trinajstić information content (AvgIpc) is 3.03. The second kappa shape index (κ2) is 7.30. The number of carbonyl (C=O) groups excluding carboxylic acids is 2. The molecule has 2 aromatic rings. The minimum atomic E-state index is -4.49. The number of halogens is 3. The Bertz CT molecular complexity index is 850. The summed E-state index contributed by atoms with van der Waals surface area (Å²) in [5, 5.41) is 2.47. The minimum absolute atomic E-state index is 0.00315. The number of hydrogen-bond acceptors (Lipinski definition) is 3. The Balaban J connectivity index is 1.68. The average molecular weight is 378 g/mol. The Morgan fingerprint density at radius 1 is 1.19 bits per heavy atom. The summed E-state index contributed by atoms with van der Waals surface area (Å²) in [5.74, 6) is -0.707. The predicted octanol–water partition coefficient (Wildman–Crippen LogP) is 3.71. The first-order valence-corrected chi connectivity index (χ1v) is 8.20. The first-order chi connectivity index (χ1) is 12.8. The molecule has 0 radical (unpaired) electrons. The van der Waals surface area contributed by atoms with E-state index in [2.05, 4.69) is 5.32 Å². The molecule has 8 heteroatoms. The molecule has 1 fully saturated rings. The van der Waals surface area contributed by atoms with Crippen LogP contribution in [0.25, 0.3) is 0 Å². The van der Waals surface area contributed by atoms with Crippen molar-refractivity contribution in [1.29, 1.82) is 0 Å². The highest BCUT2D eigenvalue weighted by Gasteiger charge is 2.35. The van der Waals surface area contributed by atoms with E-state index < -0.39 is 23.6 Å². The molecule has 1 aliphatic heterocycles. The van der Waals surface area contributed by atoms with Gasteiger partial charge in [-0.2, -0.15) is 13.2 Å². The topological polar surface area (TPSA) is 58.6 Å². The van der Waals surface area contributed by atoms with Crippen LogP contribution in [0.15, 0.2) is 48.5 Å². The molecule has 0 spiro atoms.